The van der Waals surface area contributed by atoms with E-state index in [2.05, 4.69) is 6.92 Å². The van der Waals surface area contributed by atoms with E-state index in [4.69, 9.17) is 4.74 Å². The highest BCUT2D eigenvalue weighted by Gasteiger charge is 2.43. The van der Waals surface area contributed by atoms with Gasteiger partial charge in [-0.3, -0.25) is 4.79 Å². The lowest BCUT2D eigenvalue weighted by Crippen LogP contribution is -2.48. The number of unbranched alkanes of at least 4 members (excludes halogenated alkanes) is 13. The Bertz CT molecular complexity index is 378. The monoisotopic (exact) mass is 368 g/mol. The summed E-state index contributed by atoms with van der Waals surface area (Å²) in [6.07, 6.45) is 20.4. The first-order valence-electron chi connectivity index (χ1n) is 11.3. The summed E-state index contributed by atoms with van der Waals surface area (Å²) in [5, 5.41) is 10.2. The summed E-state index contributed by atoms with van der Waals surface area (Å²) in [6.45, 7) is 5.99. The second kappa shape index (κ2) is 12.8. The molecule has 3 nitrogen and oxygen atoms in total. The van der Waals surface area contributed by atoms with Gasteiger partial charge in [0, 0.05) is 6.42 Å². The van der Waals surface area contributed by atoms with Crippen molar-refractivity contribution >= 4 is 5.97 Å². The zero-order valence-electron chi connectivity index (χ0n) is 17.8. The van der Waals surface area contributed by atoms with E-state index in [1.54, 1.807) is 6.92 Å². The van der Waals surface area contributed by atoms with Crippen molar-refractivity contribution in [3.63, 3.8) is 0 Å². The molecule has 1 N–H and O–H groups in total. The number of carbonyl (C=O) groups excluding carboxylic acids is 1. The molecule has 26 heavy (non-hydrogen) atoms. The van der Waals surface area contributed by atoms with Crippen LogP contribution in [0.3, 0.4) is 0 Å². The van der Waals surface area contributed by atoms with Gasteiger partial charge >= 0.3 is 5.97 Å². The molecule has 0 aromatic heterocycles. The van der Waals surface area contributed by atoms with Crippen LogP contribution in [0.4, 0.5) is 0 Å². The standard InChI is InChI=1S/C23H44O3/c1-4-5-6-7-8-9-10-11-12-13-14-15-16-17-18-23(3)20-22(2,25)19-21(24)26-23/h25H,4-20H2,1-3H3. The maximum absolute atomic E-state index is 11.7. The number of carbonyl (C=O) groups is 1. The molecule has 1 rings (SSSR count). The van der Waals surface area contributed by atoms with Crippen LogP contribution >= 0.6 is 0 Å². The minimum atomic E-state index is -0.903. The second-order valence-electron chi connectivity index (χ2n) is 9.12. The van der Waals surface area contributed by atoms with Crippen LogP contribution in [-0.2, 0) is 9.53 Å². The molecule has 2 unspecified atom stereocenters. The molecule has 1 saturated heterocycles. The van der Waals surface area contributed by atoms with Gasteiger partial charge in [0.1, 0.15) is 5.60 Å². The molecular formula is C23H44O3. The van der Waals surface area contributed by atoms with E-state index in [-0.39, 0.29) is 12.4 Å². The van der Waals surface area contributed by atoms with Crippen LogP contribution in [0.25, 0.3) is 0 Å². The number of esters is 1. The van der Waals surface area contributed by atoms with Crippen LogP contribution < -0.4 is 0 Å². The molecule has 0 aromatic carbocycles. The highest BCUT2D eigenvalue weighted by Crippen LogP contribution is 2.36. The molecular weight excluding hydrogens is 324 g/mol. The van der Waals surface area contributed by atoms with Crippen LogP contribution in [0.2, 0.25) is 0 Å². The minimum Gasteiger partial charge on any atom is -0.459 e. The fourth-order valence-corrected chi connectivity index (χ4v) is 4.36. The maximum atomic E-state index is 11.7. The van der Waals surface area contributed by atoms with Crippen molar-refractivity contribution < 1.29 is 14.6 Å². The van der Waals surface area contributed by atoms with E-state index in [9.17, 15) is 9.90 Å². The lowest BCUT2D eigenvalue weighted by Gasteiger charge is -2.40. The molecule has 1 fully saturated rings. The zero-order valence-corrected chi connectivity index (χ0v) is 17.8. The largest absolute Gasteiger partial charge is 0.459 e. The average Bonchev–Trinajstić information content (AvgIpc) is 2.52. The molecule has 0 amide bonds. The number of hydrogen-bond donors (Lipinski definition) is 1. The van der Waals surface area contributed by atoms with Gasteiger partial charge in [-0.2, -0.15) is 0 Å². The third-order valence-corrected chi connectivity index (χ3v) is 5.70. The fourth-order valence-electron chi connectivity index (χ4n) is 4.36. The summed E-state index contributed by atoms with van der Waals surface area (Å²) in [4.78, 5) is 11.7. The highest BCUT2D eigenvalue weighted by atomic mass is 16.6. The van der Waals surface area contributed by atoms with E-state index in [1.807, 2.05) is 6.92 Å². The van der Waals surface area contributed by atoms with Gasteiger partial charge in [0.25, 0.3) is 0 Å². The Morgan fingerprint density at radius 3 is 1.65 bits per heavy atom. The molecule has 0 aliphatic carbocycles. The Kier molecular flexibility index (Phi) is 11.5. The van der Waals surface area contributed by atoms with Crippen LogP contribution in [0.15, 0.2) is 0 Å². The maximum Gasteiger partial charge on any atom is 0.309 e. The number of hydrogen-bond acceptors (Lipinski definition) is 3. The van der Waals surface area contributed by atoms with Gasteiger partial charge in [0.15, 0.2) is 0 Å². The SMILES string of the molecule is CCCCCCCCCCCCCCCCC1(C)CC(C)(O)CC(=O)O1. The van der Waals surface area contributed by atoms with Crippen LogP contribution in [0.5, 0.6) is 0 Å². The van der Waals surface area contributed by atoms with E-state index in [1.165, 1.54) is 83.5 Å². The Morgan fingerprint density at radius 1 is 0.808 bits per heavy atom. The number of rotatable bonds is 15. The molecule has 1 aliphatic heterocycles. The van der Waals surface area contributed by atoms with Crippen molar-refractivity contribution in [2.45, 2.75) is 141 Å². The van der Waals surface area contributed by atoms with E-state index in [0.717, 1.165) is 12.8 Å². The summed E-state index contributed by atoms with van der Waals surface area (Å²) in [5.41, 5.74) is -1.38. The Morgan fingerprint density at radius 2 is 1.23 bits per heavy atom. The zero-order chi connectivity index (χ0) is 19.3. The third-order valence-electron chi connectivity index (χ3n) is 5.70. The molecule has 0 aromatic rings. The van der Waals surface area contributed by atoms with Crippen molar-refractivity contribution in [1.82, 2.24) is 0 Å². The summed E-state index contributed by atoms with van der Waals surface area (Å²) >= 11 is 0. The number of aliphatic hydroxyl groups is 1. The number of cyclic esters (lactones) is 1. The van der Waals surface area contributed by atoms with Crippen molar-refractivity contribution in [3.05, 3.63) is 0 Å². The van der Waals surface area contributed by atoms with E-state index >= 15 is 0 Å². The van der Waals surface area contributed by atoms with Crippen LogP contribution in [0.1, 0.15) is 130 Å². The summed E-state index contributed by atoms with van der Waals surface area (Å²) in [6, 6.07) is 0. The van der Waals surface area contributed by atoms with E-state index in [0.29, 0.717) is 6.42 Å². The average molecular weight is 369 g/mol. The highest BCUT2D eigenvalue weighted by molar-refractivity contribution is 5.72. The molecule has 0 saturated carbocycles. The van der Waals surface area contributed by atoms with Gasteiger partial charge in [0.05, 0.1) is 12.0 Å². The molecule has 154 valence electrons. The van der Waals surface area contributed by atoms with Gasteiger partial charge in [-0.15, -0.1) is 0 Å². The lowest BCUT2D eigenvalue weighted by atomic mass is 9.81. The minimum absolute atomic E-state index is 0.126. The number of ether oxygens (including phenoxy) is 1. The Labute approximate surface area is 162 Å². The summed E-state index contributed by atoms with van der Waals surface area (Å²) < 4.78 is 5.52. The molecule has 3 heteroatoms. The smallest absolute Gasteiger partial charge is 0.309 e. The Balaban J connectivity index is 1.91. The fraction of sp³-hybridized carbons (Fsp3) is 0.957. The quantitative estimate of drug-likeness (QED) is 0.258. The van der Waals surface area contributed by atoms with Crippen molar-refractivity contribution in [3.8, 4) is 0 Å². The molecule has 1 heterocycles. The van der Waals surface area contributed by atoms with Crippen molar-refractivity contribution in [2.75, 3.05) is 0 Å². The predicted octanol–water partition coefficient (Wildman–Crippen LogP) is 6.70. The first-order chi connectivity index (χ1) is 12.4. The third kappa shape index (κ3) is 11.2. The van der Waals surface area contributed by atoms with Crippen LogP contribution in [-0.4, -0.2) is 22.3 Å². The van der Waals surface area contributed by atoms with Gasteiger partial charge in [-0.05, 0) is 26.7 Å². The van der Waals surface area contributed by atoms with E-state index < -0.39 is 11.2 Å². The molecule has 0 spiro atoms. The first-order valence-corrected chi connectivity index (χ1v) is 11.3. The molecule has 0 radical (unpaired) electrons. The van der Waals surface area contributed by atoms with Gasteiger partial charge in [-0.25, -0.2) is 0 Å². The van der Waals surface area contributed by atoms with Gasteiger partial charge in [-0.1, -0.05) is 90.4 Å². The second-order valence-corrected chi connectivity index (χ2v) is 9.12. The van der Waals surface area contributed by atoms with Crippen molar-refractivity contribution in [2.24, 2.45) is 0 Å². The van der Waals surface area contributed by atoms with Crippen LogP contribution in [0, 0.1) is 0 Å². The normalized spacial score (nSPS) is 26.1. The summed E-state index contributed by atoms with van der Waals surface area (Å²) in [7, 11) is 0. The molecule has 2 atom stereocenters. The van der Waals surface area contributed by atoms with Gasteiger partial charge in [0.2, 0.25) is 0 Å². The predicted molar refractivity (Wildman–Crippen MR) is 109 cm³/mol. The molecule has 0 bridgehead atoms. The van der Waals surface area contributed by atoms with Gasteiger partial charge < -0.3 is 9.84 Å². The molecule has 1 aliphatic rings. The first kappa shape index (κ1) is 23.5. The topological polar surface area (TPSA) is 46.5 Å². The Hall–Kier alpha value is -0.570. The summed E-state index contributed by atoms with van der Waals surface area (Å²) in [5.74, 6) is -0.255. The van der Waals surface area contributed by atoms with Crippen molar-refractivity contribution in [1.29, 1.82) is 0 Å². The lowest BCUT2D eigenvalue weighted by molar-refractivity contribution is -0.185.